The summed E-state index contributed by atoms with van der Waals surface area (Å²) in [5, 5.41) is 51.5. The average molecular weight is 1810 g/mol. The Morgan fingerprint density at radius 3 is 1.54 bits per heavy atom. The van der Waals surface area contributed by atoms with E-state index in [1.54, 1.807) is 86.6 Å². The van der Waals surface area contributed by atoms with Gasteiger partial charge >= 0.3 is 6.09 Å². The minimum atomic E-state index is -4.16. The molecule has 0 aromatic heterocycles. The molecule has 11 N–H and O–H groups in total. The van der Waals surface area contributed by atoms with E-state index in [1.807, 2.05) is 55.4 Å². The Balaban J connectivity index is 1.77. The van der Waals surface area contributed by atoms with Gasteiger partial charge in [-0.2, -0.15) is 4.31 Å². The molecule has 2 aliphatic rings. The number of unbranched alkanes of at least 4 members (excludes halogenated alkanes) is 1. The monoisotopic (exact) mass is 1810 g/mol. The molecular weight excluding hydrogens is 1660 g/mol. The van der Waals surface area contributed by atoms with Crippen molar-refractivity contribution in [2.24, 2.45) is 47.3 Å². The van der Waals surface area contributed by atoms with Gasteiger partial charge in [0.1, 0.15) is 78.3 Å². The minimum absolute atomic E-state index is 0.00195. The first-order chi connectivity index (χ1) is 59.2. The maximum atomic E-state index is 15.4. The third-order valence-electron chi connectivity index (χ3n) is 23.2. The number of sulfonamides is 1. The number of nitrogens with zero attached hydrogens (tertiary/aromatic N) is 8. The van der Waals surface area contributed by atoms with Crippen molar-refractivity contribution < 1.29 is 100 Å². The van der Waals surface area contributed by atoms with Gasteiger partial charge in [-0.3, -0.25) is 57.5 Å². The average Bonchev–Trinajstić information content (AvgIpc) is 1.38. The lowest BCUT2D eigenvalue weighted by Crippen LogP contribution is -2.64. The fourth-order valence-electron chi connectivity index (χ4n) is 15.6. The second kappa shape index (κ2) is 51.2. The predicted octanol–water partition coefficient (Wildman–Crippen LogP) is 3.75. The first kappa shape index (κ1) is 110. The van der Waals surface area contributed by atoms with E-state index in [0.717, 1.165) is 19.0 Å². The standard InChI is InChI=1S/C90H151N15O21S/c1-26-65-84(115)102(23)72(48-106)87(118)98(19)69(42-52(4)5)81(112)97-75(56(12)13)88(119)99(20)68(41-51(2)3)80(111)95-66(79(110)93-59(18)83(114)100(21)70(43-53(6)7)85(116)101(22)71(44-54(8)9)86(117)103(24)76(57(14)15)89(120)104(25)77(82(113)94-65)78(109)58(16)17)29-27-28-39-92-74(108)50-125-62-34-30-60(31-35-62)45-67(96-90(121)126-63-38-40-124-49-63)73(107)47-105(46-55(10)11)127(122,123)64-36-32-61(91)33-37-64/h30-37,51-59,63,65-73,75-78,106-107,109H,26-29,38-50,91H2,1-25H3,(H,92,108)(H,93,110)(H,94,113)(H,95,111)(H,96,121)(H,97,112). The van der Waals surface area contributed by atoms with Crippen LogP contribution in [-0.2, 0) is 83.5 Å². The van der Waals surface area contributed by atoms with Crippen molar-refractivity contribution in [1.82, 2.24) is 70.5 Å². The zero-order chi connectivity index (χ0) is 96.3. The van der Waals surface area contributed by atoms with Crippen LogP contribution in [-0.4, -0.2) is 326 Å². The summed E-state index contributed by atoms with van der Waals surface area (Å²) in [5.41, 5.74) is 6.82. The molecule has 15 unspecified atom stereocenters. The van der Waals surface area contributed by atoms with E-state index in [4.69, 9.17) is 19.9 Å². The summed E-state index contributed by atoms with van der Waals surface area (Å²) >= 11 is 0. The zero-order valence-corrected chi connectivity index (χ0v) is 80.5. The van der Waals surface area contributed by atoms with E-state index < -0.39 is 215 Å². The number of hydrogen-bond acceptors (Lipinski definition) is 22. The summed E-state index contributed by atoms with van der Waals surface area (Å²) in [7, 11) is 5.27. The number of aliphatic hydroxyl groups excluding tert-OH is 3. The molecule has 2 saturated heterocycles. The third kappa shape index (κ3) is 32.1. The Hall–Kier alpha value is -9.30. The molecule has 37 heteroatoms. The Kier molecular flexibility index (Phi) is 44.3. The number of rotatable bonds is 33. The number of aliphatic hydroxyl groups is 3. The highest BCUT2D eigenvalue weighted by atomic mass is 32.2. The molecule has 15 atom stereocenters. The second-order valence-electron chi connectivity index (χ2n) is 37.3. The molecule has 2 fully saturated rings. The van der Waals surface area contributed by atoms with Crippen molar-refractivity contribution in [2.45, 2.75) is 285 Å². The van der Waals surface area contributed by atoms with E-state index in [-0.39, 0.29) is 118 Å². The second-order valence-corrected chi connectivity index (χ2v) is 39.2. The number of alkyl carbamates (subject to hydrolysis) is 1. The molecule has 127 heavy (non-hydrogen) atoms. The SMILES string of the molecule is CCC1NC(=O)C(C(O)C(C)C)N(C)C(=O)C(C(C)C)N(C)C(=O)C(CC(C)C)N(C)C(=O)C(CC(C)C)N(C)C(=O)C(C)NC(=O)C(CCCCNC(=O)COc2ccc(CC(NC(=O)OC3CCOC3)C(O)CN(CC(C)C)S(=O)(=O)c3ccc(N)cc3)cc2)NC(=O)C(CC(C)C)N(C)C(=O)C(C(C)C)NC(=O)C(CC(C)C)N(C)C(=O)C(CO)N(C)C1=O. The first-order valence-electron chi connectivity index (χ1n) is 44.7. The van der Waals surface area contributed by atoms with Crippen LogP contribution in [0.25, 0.3) is 0 Å². The number of nitrogens with two attached hydrogens (primary N) is 1. The van der Waals surface area contributed by atoms with Crippen LogP contribution in [0.3, 0.4) is 0 Å². The van der Waals surface area contributed by atoms with Gasteiger partial charge in [-0.15, -0.1) is 0 Å². The maximum absolute atomic E-state index is 15.4. The maximum Gasteiger partial charge on any atom is 0.407 e. The normalized spacial score (nSPS) is 24.0. The highest BCUT2D eigenvalue weighted by Crippen LogP contribution is 2.28. The lowest BCUT2D eigenvalue weighted by atomic mass is 9.93. The molecule has 0 saturated carbocycles. The number of carbonyl (C=O) groups is 13. The van der Waals surface area contributed by atoms with Gasteiger partial charge in [0, 0.05) is 81.1 Å². The van der Waals surface area contributed by atoms with Gasteiger partial charge in [-0.25, -0.2) is 13.2 Å². The van der Waals surface area contributed by atoms with Gasteiger partial charge < -0.3 is 101 Å². The van der Waals surface area contributed by atoms with Crippen LogP contribution < -0.4 is 42.4 Å². The number of ether oxygens (including phenoxy) is 3. The van der Waals surface area contributed by atoms with E-state index >= 15 is 33.6 Å². The van der Waals surface area contributed by atoms with E-state index in [0.29, 0.717) is 24.3 Å². The molecular formula is C90H151N15O21S. The number of benzene rings is 2. The molecule has 2 aliphatic heterocycles. The fourth-order valence-corrected chi connectivity index (χ4v) is 17.2. The molecule has 2 aromatic rings. The summed E-state index contributed by atoms with van der Waals surface area (Å²) in [6, 6.07) is -4.39. The predicted molar refractivity (Wildman–Crippen MR) is 481 cm³/mol. The molecule has 2 heterocycles. The molecule has 4 rings (SSSR count). The highest BCUT2D eigenvalue weighted by Gasteiger charge is 2.47. The Labute approximate surface area is 752 Å². The Morgan fingerprint density at radius 1 is 0.551 bits per heavy atom. The number of likely N-dealkylation sites (N-methyl/N-ethyl adjacent to an activating group) is 7. The largest absolute Gasteiger partial charge is 0.484 e. The number of nitrogens with one attached hydrogen (secondary N) is 6. The summed E-state index contributed by atoms with van der Waals surface area (Å²) < 4.78 is 46.0. The molecule has 0 bridgehead atoms. The molecule has 36 nitrogen and oxygen atoms in total. The van der Waals surface area contributed by atoms with Gasteiger partial charge in [0.25, 0.3) is 5.91 Å². The molecule has 0 aliphatic carbocycles. The van der Waals surface area contributed by atoms with Crippen molar-refractivity contribution in [2.75, 3.05) is 101 Å². The van der Waals surface area contributed by atoms with Crippen molar-refractivity contribution in [3.63, 3.8) is 0 Å². The summed E-state index contributed by atoms with van der Waals surface area (Å²) in [6.07, 6.45) is -3.58. The number of anilines is 1. The number of carbonyl (C=O) groups excluding carboxylic acids is 13. The first-order valence-corrected chi connectivity index (χ1v) is 46.1. The quantitative estimate of drug-likeness (QED) is 0.0359. The van der Waals surface area contributed by atoms with Gasteiger partial charge in [0.15, 0.2) is 6.61 Å². The van der Waals surface area contributed by atoms with Crippen LogP contribution in [0.15, 0.2) is 53.4 Å². The third-order valence-corrected chi connectivity index (χ3v) is 25.0. The van der Waals surface area contributed by atoms with Gasteiger partial charge in [0.05, 0.1) is 43.0 Å². The van der Waals surface area contributed by atoms with Crippen LogP contribution in [0.4, 0.5) is 10.5 Å². The smallest absolute Gasteiger partial charge is 0.407 e. The molecule has 13 amide bonds. The van der Waals surface area contributed by atoms with Gasteiger partial charge in [-0.1, -0.05) is 130 Å². The molecule has 2 aromatic carbocycles. The van der Waals surface area contributed by atoms with E-state index in [2.05, 4.69) is 31.9 Å². The highest BCUT2D eigenvalue weighted by molar-refractivity contribution is 7.89. The molecule has 718 valence electrons. The molecule has 0 spiro atoms. The summed E-state index contributed by atoms with van der Waals surface area (Å²) in [4.78, 5) is 200. The fraction of sp³-hybridized carbons (Fsp3) is 0.722. The Morgan fingerprint density at radius 2 is 1.04 bits per heavy atom. The van der Waals surface area contributed by atoms with Crippen LogP contribution in [0.5, 0.6) is 5.75 Å². The number of amides is 13. The van der Waals surface area contributed by atoms with E-state index in [9.17, 15) is 52.5 Å². The number of nitrogen functional groups attached to an aromatic ring is 1. The topological polar surface area (TPSA) is 469 Å². The Bertz CT molecular complexity index is 4070. The van der Waals surface area contributed by atoms with Crippen LogP contribution in [0.2, 0.25) is 0 Å². The number of hydrogen-bond donors (Lipinski definition) is 10. The lowest BCUT2D eigenvalue weighted by Gasteiger charge is -2.41. The van der Waals surface area contributed by atoms with E-state index in [1.165, 1.54) is 100 Å². The van der Waals surface area contributed by atoms with Crippen LogP contribution in [0.1, 0.15) is 188 Å². The van der Waals surface area contributed by atoms with Crippen molar-refractivity contribution in [3.05, 3.63) is 54.1 Å². The van der Waals surface area contributed by atoms with Gasteiger partial charge in [-0.05, 0) is 154 Å². The molecule has 0 radical (unpaired) electrons. The van der Waals surface area contributed by atoms with Crippen molar-refractivity contribution in [3.8, 4) is 5.75 Å². The van der Waals surface area contributed by atoms with Crippen molar-refractivity contribution in [1.29, 1.82) is 0 Å². The van der Waals surface area contributed by atoms with Crippen LogP contribution >= 0.6 is 0 Å². The zero-order valence-electron chi connectivity index (χ0n) is 79.7. The van der Waals surface area contributed by atoms with Crippen LogP contribution in [0, 0.1) is 47.3 Å². The minimum Gasteiger partial charge on any atom is -0.484 e. The summed E-state index contributed by atoms with van der Waals surface area (Å²) in [6.45, 7) is 30.0. The lowest BCUT2D eigenvalue weighted by molar-refractivity contribution is -0.157. The van der Waals surface area contributed by atoms with Gasteiger partial charge in [0.2, 0.25) is 75.0 Å². The summed E-state index contributed by atoms with van der Waals surface area (Å²) in [5.74, 6) is -12.2. The van der Waals surface area contributed by atoms with Crippen molar-refractivity contribution >= 4 is 92.7 Å².